The van der Waals surface area contributed by atoms with E-state index in [2.05, 4.69) is 36.8 Å². The van der Waals surface area contributed by atoms with Crippen LogP contribution in [0, 0.1) is 6.92 Å². The number of nitrogens with zero attached hydrogens (tertiary/aromatic N) is 4. The summed E-state index contributed by atoms with van der Waals surface area (Å²) in [7, 11) is 2.15. The molecular formula is C35H54N4O3S. The molecule has 43 heavy (non-hydrogen) atoms. The molecule has 1 amide bonds. The number of rotatable bonds is 17. The van der Waals surface area contributed by atoms with Gasteiger partial charge in [-0.05, 0) is 38.6 Å². The van der Waals surface area contributed by atoms with E-state index in [9.17, 15) is 4.79 Å². The molecule has 2 aliphatic rings. The van der Waals surface area contributed by atoms with Crippen LogP contribution < -0.4 is 4.90 Å². The molecule has 0 bridgehead atoms. The summed E-state index contributed by atoms with van der Waals surface area (Å²) in [6.07, 6.45) is 18.2. The second kappa shape index (κ2) is 18.4. The lowest BCUT2D eigenvalue weighted by atomic mass is 10.0. The van der Waals surface area contributed by atoms with Gasteiger partial charge in [-0.25, -0.2) is 14.7 Å². The maximum Gasteiger partial charge on any atom is 0.421 e. The number of amidine groups is 1. The first-order chi connectivity index (χ1) is 21.1. The van der Waals surface area contributed by atoms with E-state index in [0.29, 0.717) is 6.61 Å². The van der Waals surface area contributed by atoms with E-state index in [-0.39, 0.29) is 6.79 Å². The summed E-state index contributed by atoms with van der Waals surface area (Å²) < 4.78 is 11.4. The number of thiophene rings is 1. The maximum absolute atomic E-state index is 13.5. The fourth-order valence-corrected chi connectivity index (χ4v) is 6.92. The molecule has 0 spiro atoms. The van der Waals surface area contributed by atoms with E-state index in [4.69, 9.17) is 14.5 Å². The van der Waals surface area contributed by atoms with E-state index in [0.717, 1.165) is 71.7 Å². The van der Waals surface area contributed by atoms with Crippen LogP contribution in [0.1, 0.15) is 107 Å². The number of likely N-dealkylation sites (N-methyl/N-ethyl adjacent to an activating group) is 1. The summed E-state index contributed by atoms with van der Waals surface area (Å²) in [5.74, 6) is 0.934. The van der Waals surface area contributed by atoms with Crippen LogP contribution in [-0.4, -0.2) is 68.4 Å². The van der Waals surface area contributed by atoms with Gasteiger partial charge in [0.05, 0.1) is 23.5 Å². The number of hydrogen-bond donors (Lipinski definition) is 0. The molecule has 3 heterocycles. The molecule has 0 N–H and O–H groups in total. The highest BCUT2D eigenvalue weighted by atomic mass is 32.1. The summed E-state index contributed by atoms with van der Waals surface area (Å²) in [5.41, 5.74) is 2.51. The van der Waals surface area contributed by atoms with Gasteiger partial charge in [-0.2, -0.15) is 0 Å². The third-order valence-corrected chi connectivity index (χ3v) is 9.56. The fourth-order valence-electron chi connectivity index (χ4n) is 5.91. The molecule has 0 saturated carbocycles. The van der Waals surface area contributed by atoms with E-state index in [1.54, 1.807) is 16.2 Å². The number of aryl methyl sites for hydroxylation is 1. The maximum atomic E-state index is 13.5. The third kappa shape index (κ3) is 10.3. The quantitative estimate of drug-likeness (QED) is 0.132. The van der Waals surface area contributed by atoms with Crippen molar-refractivity contribution in [2.75, 3.05) is 51.5 Å². The standard InChI is InChI=1S/C35H54N4O3S/c1-4-5-6-7-8-9-10-11-12-13-14-15-16-19-26-41-28-42-35(40)39-32-21-18-17-20-31(32)36-33(30-27-29(2)43-34(30)39)38-24-22-37(3)23-25-38/h17-18,20-21,27H,4-16,19,22-26,28H2,1-3H3. The molecule has 4 rings (SSSR count). The lowest BCUT2D eigenvalue weighted by Gasteiger charge is -2.34. The van der Waals surface area contributed by atoms with Gasteiger partial charge in [0, 0.05) is 31.1 Å². The predicted octanol–water partition coefficient (Wildman–Crippen LogP) is 9.43. The lowest BCUT2D eigenvalue weighted by molar-refractivity contribution is -0.0130. The SMILES string of the molecule is CCCCCCCCCCCCCCCCOCOC(=O)N1c2ccccc2N=C(N2CCN(C)CC2)c2cc(C)sc21. The van der Waals surface area contributed by atoms with Gasteiger partial charge in [0.15, 0.2) is 6.79 Å². The molecular weight excluding hydrogens is 556 g/mol. The number of ether oxygens (including phenoxy) is 2. The number of benzene rings is 1. The first-order valence-corrected chi connectivity index (χ1v) is 17.7. The second-order valence-corrected chi connectivity index (χ2v) is 13.4. The lowest BCUT2D eigenvalue weighted by Crippen LogP contribution is -2.47. The zero-order valence-corrected chi connectivity index (χ0v) is 27.8. The van der Waals surface area contributed by atoms with Gasteiger partial charge in [0.25, 0.3) is 0 Å². The highest BCUT2D eigenvalue weighted by Crippen LogP contribution is 2.44. The van der Waals surface area contributed by atoms with Crippen LogP contribution in [0.15, 0.2) is 35.3 Å². The predicted molar refractivity (Wildman–Crippen MR) is 181 cm³/mol. The Bertz CT molecular complexity index is 1140. The number of carbonyl (C=O) groups excluding carboxylic acids is 1. The largest absolute Gasteiger partial charge is 0.422 e. The van der Waals surface area contributed by atoms with Gasteiger partial charge in [-0.1, -0.05) is 103 Å². The molecule has 0 aliphatic carbocycles. The highest BCUT2D eigenvalue weighted by Gasteiger charge is 2.33. The summed E-state index contributed by atoms with van der Waals surface area (Å²) in [6, 6.07) is 9.98. The molecule has 0 atom stereocenters. The molecule has 2 aromatic rings. The molecule has 1 aromatic heterocycles. The van der Waals surface area contributed by atoms with Crippen LogP contribution in [0.25, 0.3) is 0 Å². The Balaban J connectivity index is 1.18. The average Bonchev–Trinajstić information content (AvgIpc) is 3.33. The van der Waals surface area contributed by atoms with Crippen LogP contribution in [0.3, 0.4) is 0 Å². The number of amides is 1. The van der Waals surface area contributed by atoms with Gasteiger partial charge >= 0.3 is 6.09 Å². The molecule has 2 aliphatic heterocycles. The van der Waals surface area contributed by atoms with Crippen LogP contribution in [0.5, 0.6) is 0 Å². The number of carbonyl (C=O) groups is 1. The summed E-state index contributed by atoms with van der Waals surface area (Å²) >= 11 is 1.60. The summed E-state index contributed by atoms with van der Waals surface area (Å²) in [6.45, 7) is 8.72. The van der Waals surface area contributed by atoms with Crippen LogP contribution in [-0.2, 0) is 9.47 Å². The molecule has 1 fully saturated rings. The zero-order valence-electron chi connectivity index (χ0n) is 27.0. The molecule has 0 radical (unpaired) electrons. The number of piperazine rings is 1. The van der Waals surface area contributed by atoms with Gasteiger partial charge in [0.2, 0.25) is 0 Å². The average molecular weight is 611 g/mol. The van der Waals surface area contributed by atoms with Crippen molar-refractivity contribution < 1.29 is 14.3 Å². The Morgan fingerprint density at radius 3 is 2.12 bits per heavy atom. The minimum Gasteiger partial charge on any atom is -0.422 e. The number of aliphatic imine (C=N–C) groups is 1. The fraction of sp³-hybridized carbons (Fsp3) is 0.657. The van der Waals surface area contributed by atoms with Crippen molar-refractivity contribution in [2.24, 2.45) is 4.99 Å². The molecule has 7 nitrogen and oxygen atoms in total. The van der Waals surface area contributed by atoms with Crippen LogP contribution >= 0.6 is 11.3 Å². The summed E-state index contributed by atoms with van der Waals surface area (Å²) in [5, 5.41) is 0.858. The third-order valence-electron chi connectivity index (χ3n) is 8.52. The zero-order chi connectivity index (χ0) is 30.3. The van der Waals surface area contributed by atoms with E-state index in [1.165, 1.54) is 77.0 Å². The van der Waals surface area contributed by atoms with Gasteiger partial charge in [-0.15, -0.1) is 11.3 Å². The van der Waals surface area contributed by atoms with Crippen LogP contribution in [0.2, 0.25) is 0 Å². The normalized spacial score (nSPS) is 15.2. The number of fused-ring (bicyclic) bond motifs is 2. The molecule has 1 saturated heterocycles. The summed E-state index contributed by atoms with van der Waals surface area (Å²) in [4.78, 5) is 26.1. The van der Waals surface area contributed by atoms with Crippen molar-refractivity contribution in [1.82, 2.24) is 9.80 Å². The van der Waals surface area contributed by atoms with Crippen molar-refractivity contribution >= 4 is 39.6 Å². The Labute approximate surface area is 264 Å². The molecule has 238 valence electrons. The Hall–Kier alpha value is -2.42. The topological polar surface area (TPSA) is 57.6 Å². The van der Waals surface area contributed by atoms with Crippen molar-refractivity contribution in [3.63, 3.8) is 0 Å². The number of anilines is 2. The van der Waals surface area contributed by atoms with E-state index >= 15 is 0 Å². The number of para-hydroxylation sites is 2. The minimum atomic E-state index is -0.425. The van der Waals surface area contributed by atoms with Gasteiger partial charge in [0.1, 0.15) is 10.8 Å². The minimum absolute atomic E-state index is 0.0399. The van der Waals surface area contributed by atoms with E-state index < -0.39 is 6.09 Å². The number of hydrogen-bond acceptors (Lipinski definition) is 7. The van der Waals surface area contributed by atoms with Crippen molar-refractivity contribution in [2.45, 2.75) is 104 Å². The van der Waals surface area contributed by atoms with Gasteiger partial charge in [-0.3, -0.25) is 0 Å². The molecule has 8 heteroatoms. The second-order valence-electron chi connectivity index (χ2n) is 12.2. The first-order valence-electron chi connectivity index (χ1n) is 16.8. The van der Waals surface area contributed by atoms with Crippen LogP contribution in [0.4, 0.5) is 21.2 Å². The van der Waals surface area contributed by atoms with Crippen molar-refractivity contribution in [3.8, 4) is 0 Å². The van der Waals surface area contributed by atoms with Crippen molar-refractivity contribution in [1.29, 1.82) is 0 Å². The smallest absolute Gasteiger partial charge is 0.421 e. The van der Waals surface area contributed by atoms with E-state index in [1.807, 2.05) is 24.3 Å². The highest BCUT2D eigenvalue weighted by molar-refractivity contribution is 7.16. The Morgan fingerprint density at radius 1 is 0.860 bits per heavy atom. The molecule has 0 unspecified atom stereocenters. The van der Waals surface area contributed by atoms with Gasteiger partial charge < -0.3 is 19.3 Å². The first kappa shape index (κ1) is 33.5. The molecule has 1 aromatic carbocycles. The Kier molecular flexibility index (Phi) is 14.3. The Morgan fingerprint density at radius 2 is 1.47 bits per heavy atom. The monoisotopic (exact) mass is 610 g/mol. The number of unbranched alkanes of at least 4 members (excludes halogenated alkanes) is 13. The van der Waals surface area contributed by atoms with Crippen molar-refractivity contribution in [3.05, 3.63) is 40.8 Å².